The zero-order valence-electron chi connectivity index (χ0n) is 11.9. The first-order valence-electron chi connectivity index (χ1n) is 7.15. The van der Waals surface area contributed by atoms with Crippen LogP contribution >= 0.6 is 0 Å². The van der Waals surface area contributed by atoms with Gasteiger partial charge < -0.3 is 10.7 Å². The standard InChI is InChI=1S/C14H23N5O/c1-11(19-7-3-2-4-8-19)9-17-14(20)13-6-5-12(18-15)10-16-13/h5-6,10-11,18H,2-4,7-9,15H2,1H3,(H,17,20). The number of nitrogens with zero attached hydrogens (tertiary/aromatic N) is 2. The van der Waals surface area contributed by atoms with E-state index in [-0.39, 0.29) is 5.91 Å². The Hall–Kier alpha value is -1.66. The van der Waals surface area contributed by atoms with Crippen molar-refractivity contribution in [3.05, 3.63) is 24.0 Å². The zero-order valence-corrected chi connectivity index (χ0v) is 11.9. The van der Waals surface area contributed by atoms with Crippen LogP contribution in [0.1, 0.15) is 36.7 Å². The van der Waals surface area contributed by atoms with Crippen LogP contribution in [0, 0.1) is 0 Å². The second-order valence-electron chi connectivity index (χ2n) is 5.23. The zero-order chi connectivity index (χ0) is 14.4. The van der Waals surface area contributed by atoms with Crippen molar-refractivity contribution < 1.29 is 4.79 Å². The molecule has 1 aromatic heterocycles. The highest BCUT2D eigenvalue weighted by Gasteiger charge is 2.17. The summed E-state index contributed by atoms with van der Waals surface area (Å²) in [7, 11) is 0. The average molecular weight is 277 g/mol. The van der Waals surface area contributed by atoms with Crippen molar-refractivity contribution >= 4 is 11.6 Å². The van der Waals surface area contributed by atoms with Crippen LogP contribution in [-0.2, 0) is 0 Å². The Morgan fingerprint density at radius 2 is 2.15 bits per heavy atom. The third-order valence-corrected chi connectivity index (χ3v) is 3.73. The molecular weight excluding hydrogens is 254 g/mol. The van der Waals surface area contributed by atoms with Gasteiger partial charge >= 0.3 is 0 Å². The van der Waals surface area contributed by atoms with Crippen molar-refractivity contribution in [1.29, 1.82) is 0 Å². The lowest BCUT2D eigenvalue weighted by atomic mass is 10.1. The van der Waals surface area contributed by atoms with Gasteiger partial charge in [-0.1, -0.05) is 6.42 Å². The largest absolute Gasteiger partial charge is 0.349 e. The van der Waals surface area contributed by atoms with Crippen LogP contribution < -0.4 is 16.6 Å². The fraction of sp³-hybridized carbons (Fsp3) is 0.571. The molecule has 1 saturated heterocycles. The molecule has 1 fully saturated rings. The Labute approximate surface area is 119 Å². The molecular formula is C14H23N5O. The number of nitrogens with one attached hydrogen (secondary N) is 2. The number of anilines is 1. The number of nitrogens with two attached hydrogens (primary N) is 1. The molecule has 6 nitrogen and oxygen atoms in total. The van der Waals surface area contributed by atoms with E-state index in [9.17, 15) is 4.79 Å². The van der Waals surface area contributed by atoms with E-state index in [2.05, 4.69) is 27.6 Å². The summed E-state index contributed by atoms with van der Waals surface area (Å²) in [6, 6.07) is 3.76. The molecule has 0 aliphatic carbocycles. The van der Waals surface area contributed by atoms with E-state index in [0.717, 1.165) is 13.1 Å². The molecule has 1 aliphatic heterocycles. The number of nitrogen functional groups attached to an aromatic ring is 1. The lowest BCUT2D eigenvalue weighted by molar-refractivity contribution is 0.0925. The van der Waals surface area contributed by atoms with Crippen LogP contribution in [0.3, 0.4) is 0 Å². The Balaban J connectivity index is 1.81. The lowest BCUT2D eigenvalue weighted by Crippen LogP contribution is -2.44. The molecule has 0 radical (unpaired) electrons. The topological polar surface area (TPSA) is 83.3 Å². The number of hydrogen-bond donors (Lipinski definition) is 3. The van der Waals surface area contributed by atoms with Crippen molar-refractivity contribution in [2.75, 3.05) is 25.1 Å². The molecule has 0 saturated carbocycles. The first-order valence-corrected chi connectivity index (χ1v) is 7.15. The van der Waals surface area contributed by atoms with Crippen LogP contribution in [0.5, 0.6) is 0 Å². The summed E-state index contributed by atoms with van der Waals surface area (Å²) in [5, 5.41) is 2.94. The number of aromatic nitrogens is 1. The van der Waals surface area contributed by atoms with E-state index >= 15 is 0 Å². The molecule has 0 spiro atoms. The Bertz CT molecular complexity index is 428. The quantitative estimate of drug-likeness (QED) is 0.552. The highest BCUT2D eigenvalue weighted by Crippen LogP contribution is 2.11. The van der Waals surface area contributed by atoms with Gasteiger partial charge in [0.25, 0.3) is 5.91 Å². The van der Waals surface area contributed by atoms with Crippen LogP contribution in [0.15, 0.2) is 18.3 Å². The molecule has 1 amide bonds. The maximum Gasteiger partial charge on any atom is 0.269 e. The van der Waals surface area contributed by atoms with Crippen molar-refractivity contribution in [2.45, 2.75) is 32.2 Å². The van der Waals surface area contributed by atoms with Crippen molar-refractivity contribution in [3.8, 4) is 0 Å². The first kappa shape index (κ1) is 14.7. The Morgan fingerprint density at radius 3 is 2.75 bits per heavy atom. The normalized spacial score (nSPS) is 17.5. The van der Waals surface area contributed by atoms with Crippen LogP contribution in [-0.4, -0.2) is 41.5 Å². The second kappa shape index (κ2) is 7.21. The third-order valence-electron chi connectivity index (χ3n) is 3.73. The maximum atomic E-state index is 12.0. The summed E-state index contributed by atoms with van der Waals surface area (Å²) < 4.78 is 0. The predicted molar refractivity (Wildman–Crippen MR) is 79.3 cm³/mol. The van der Waals surface area contributed by atoms with Gasteiger partial charge in [-0.05, 0) is 45.0 Å². The monoisotopic (exact) mass is 277 g/mol. The number of amides is 1. The van der Waals surface area contributed by atoms with Crippen molar-refractivity contribution in [2.24, 2.45) is 5.84 Å². The minimum Gasteiger partial charge on any atom is -0.349 e. The van der Waals surface area contributed by atoms with Crippen LogP contribution in [0.2, 0.25) is 0 Å². The van der Waals surface area contributed by atoms with E-state index in [0.29, 0.717) is 24.0 Å². The molecule has 1 atom stereocenters. The number of hydrogen-bond acceptors (Lipinski definition) is 5. The van der Waals surface area contributed by atoms with Gasteiger partial charge in [0, 0.05) is 12.6 Å². The van der Waals surface area contributed by atoms with E-state index in [1.54, 1.807) is 18.3 Å². The second-order valence-corrected chi connectivity index (χ2v) is 5.23. The van der Waals surface area contributed by atoms with Crippen molar-refractivity contribution in [3.63, 3.8) is 0 Å². The van der Waals surface area contributed by atoms with Gasteiger partial charge in [0.1, 0.15) is 5.69 Å². The van der Waals surface area contributed by atoms with Gasteiger partial charge in [0.15, 0.2) is 0 Å². The number of likely N-dealkylation sites (tertiary alicyclic amines) is 1. The van der Waals surface area contributed by atoms with Gasteiger partial charge in [0.2, 0.25) is 0 Å². The SMILES string of the molecule is CC(CNC(=O)c1ccc(NN)cn1)N1CCCCC1. The number of piperidine rings is 1. The van der Waals surface area contributed by atoms with E-state index in [4.69, 9.17) is 5.84 Å². The predicted octanol–water partition coefficient (Wildman–Crippen LogP) is 0.971. The molecule has 1 aliphatic rings. The summed E-state index contributed by atoms with van der Waals surface area (Å²) in [5.74, 6) is 5.12. The fourth-order valence-electron chi connectivity index (χ4n) is 2.43. The molecule has 2 rings (SSSR count). The van der Waals surface area contributed by atoms with Gasteiger partial charge in [-0.3, -0.25) is 15.5 Å². The molecule has 0 aromatic carbocycles. The van der Waals surface area contributed by atoms with Gasteiger partial charge in [-0.15, -0.1) is 0 Å². The molecule has 0 bridgehead atoms. The number of hydrazine groups is 1. The number of rotatable bonds is 5. The third kappa shape index (κ3) is 3.91. The number of carbonyl (C=O) groups excluding carboxylic acids is 1. The molecule has 2 heterocycles. The summed E-state index contributed by atoms with van der Waals surface area (Å²) in [5.41, 5.74) is 3.58. The molecule has 4 N–H and O–H groups in total. The molecule has 110 valence electrons. The highest BCUT2D eigenvalue weighted by atomic mass is 16.1. The van der Waals surface area contributed by atoms with Gasteiger partial charge in [-0.25, -0.2) is 4.98 Å². The van der Waals surface area contributed by atoms with Gasteiger partial charge in [-0.2, -0.15) is 0 Å². The first-order chi connectivity index (χ1) is 9.70. The van der Waals surface area contributed by atoms with Crippen LogP contribution in [0.25, 0.3) is 0 Å². The Morgan fingerprint density at radius 1 is 1.40 bits per heavy atom. The van der Waals surface area contributed by atoms with Crippen LogP contribution in [0.4, 0.5) is 5.69 Å². The minimum absolute atomic E-state index is 0.141. The smallest absolute Gasteiger partial charge is 0.269 e. The Kier molecular flexibility index (Phi) is 5.31. The molecule has 1 aromatic rings. The summed E-state index contributed by atoms with van der Waals surface area (Å²) in [4.78, 5) is 18.5. The van der Waals surface area contributed by atoms with E-state index in [1.165, 1.54) is 19.3 Å². The number of carbonyl (C=O) groups is 1. The molecule has 6 heteroatoms. The summed E-state index contributed by atoms with van der Waals surface area (Å²) in [6.45, 7) is 5.07. The minimum atomic E-state index is -0.141. The fourth-order valence-corrected chi connectivity index (χ4v) is 2.43. The van der Waals surface area contributed by atoms with E-state index in [1.807, 2.05) is 0 Å². The summed E-state index contributed by atoms with van der Waals surface area (Å²) in [6.07, 6.45) is 5.38. The van der Waals surface area contributed by atoms with E-state index < -0.39 is 0 Å². The highest BCUT2D eigenvalue weighted by molar-refractivity contribution is 5.92. The average Bonchev–Trinajstić information content (AvgIpc) is 2.53. The molecule has 20 heavy (non-hydrogen) atoms. The lowest BCUT2D eigenvalue weighted by Gasteiger charge is -2.32. The molecule has 1 unspecified atom stereocenters. The van der Waals surface area contributed by atoms with Crippen molar-refractivity contribution in [1.82, 2.24) is 15.2 Å². The summed E-state index contributed by atoms with van der Waals surface area (Å²) >= 11 is 0. The van der Waals surface area contributed by atoms with Gasteiger partial charge in [0.05, 0.1) is 11.9 Å². The maximum absolute atomic E-state index is 12.0. The number of pyridine rings is 1.